The Morgan fingerprint density at radius 1 is 1.50 bits per heavy atom. The molecule has 0 spiro atoms. The van der Waals surface area contributed by atoms with Crippen LogP contribution in [0.2, 0.25) is 0 Å². The Labute approximate surface area is 119 Å². The van der Waals surface area contributed by atoms with Gasteiger partial charge in [-0.25, -0.2) is 4.98 Å². The quantitative estimate of drug-likeness (QED) is 0.840. The summed E-state index contributed by atoms with van der Waals surface area (Å²) >= 11 is 0. The minimum absolute atomic E-state index is 0.0312. The predicted molar refractivity (Wildman–Crippen MR) is 79.0 cm³/mol. The molecule has 110 valence electrons. The lowest BCUT2D eigenvalue weighted by atomic mass is 9.95. The molecule has 0 aliphatic carbocycles. The van der Waals surface area contributed by atoms with Gasteiger partial charge in [0.15, 0.2) is 5.82 Å². The summed E-state index contributed by atoms with van der Waals surface area (Å²) in [5.74, 6) is 1.13. The number of piperidine rings is 1. The Bertz CT molecular complexity index is 536. The van der Waals surface area contributed by atoms with E-state index in [-0.39, 0.29) is 17.3 Å². The van der Waals surface area contributed by atoms with E-state index >= 15 is 0 Å². The van der Waals surface area contributed by atoms with Crippen LogP contribution < -0.4 is 10.5 Å². The van der Waals surface area contributed by atoms with Crippen LogP contribution in [-0.2, 0) is 11.3 Å². The zero-order chi connectivity index (χ0) is 14.7. The standard InChI is InChI=1S/C15H23N3O2/c1-11(2)9-18-8-6-16-14(15(18)20)17-7-4-5-13(10-17)12(3)19/h6,8,11,13H,4-5,7,9-10H2,1-3H3. The molecule has 0 N–H and O–H groups in total. The van der Waals surface area contributed by atoms with Gasteiger partial charge >= 0.3 is 0 Å². The van der Waals surface area contributed by atoms with Crippen LogP contribution in [0, 0.1) is 11.8 Å². The van der Waals surface area contributed by atoms with Crippen LogP contribution in [0.1, 0.15) is 33.6 Å². The van der Waals surface area contributed by atoms with E-state index in [4.69, 9.17) is 0 Å². The van der Waals surface area contributed by atoms with E-state index in [2.05, 4.69) is 18.8 Å². The van der Waals surface area contributed by atoms with Crippen molar-refractivity contribution in [2.75, 3.05) is 18.0 Å². The van der Waals surface area contributed by atoms with Crippen molar-refractivity contribution in [2.45, 2.75) is 40.2 Å². The van der Waals surface area contributed by atoms with Crippen molar-refractivity contribution in [3.05, 3.63) is 22.7 Å². The summed E-state index contributed by atoms with van der Waals surface area (Å²) in [4.78, 5) is 30.2. The zero-order valence-corrected chi connectivity index (χ0v) is 12.5. The number of carbonyl (C=O) groups excluding carboxylic acids is 1. The second-order valence-electron chi connectivity index (χ2n) is 6.00. The molecule has 1 aromatic rings. The molecule has 1 saturated heterocycles. The molecular weight excluding hydrogens is 254 g/mol. The van der Waals surface area contributed by atoms with Crippen molar-refractivity contribution >= 4 is 11.6 Å². The molecule has 0 saturated carbocycles. The lowest BCUT2D eigenvalue weighted by Gasteiger charge is -2.32. The van der Waals surface area contributed by atoms with Crippen LogP contribution in [0.25, 0.3) is 0 Å². The summed E-state index contributed by atoms with van der Waals surface area (Å²) in [5.41, 5.74) is -0.0506. The van der Waals surface area contributed by atoms with Gasteiger partial charge in [0.25, 0.3) is 5.56 Å². The molecule has 0 radical (unpaired) electrons. The van der Waals surface area contributed by atoms with Gasteiger partial charge < -0.3 is 9.47 Å². The zero-order valence-electron chi connectivity index (χ0n) is 12.5. The number of Topliss-reactive ketones (excluding diaryl/α,β-unsaturated/α-hetero) is 1. The molecule has 2 heterocycles. The normalized spacial score (nSPS) is 19.4. The molecule has 1 aromatic heterocycles. The highest BCUT2D eigenvalue weighted by Gasteiger charge is 2.25. The van der Waals surface area contributed by atoms with Gasteiger partial charge in [-0.15, -0.1) is 0 Å². The van der Waals surface area contributed by atoms with Gasteiger partial charge in [-0.3, -0.25) is 9.59 Å². The number of hydrogen-bond acceptors (Lipinski definition) is 4. The van der Waals surface area contributed by atoms with E-state index < -0.39 is 0 Å². The third kappa shape index (κ3) is 3.26. The Morgan fingerprint density at radius 3 is 2.90 bits per heavy atom. The van der Waals surface area contributed by atoms with Crippen LogP contribution >= 0.6 is 0 Å². The number of rotatable bonds is 4. The summed E-state index contributed by atoms with van der Waals surface area (Å²) in [6.07, 6.45) is 5.26. The first kappa shape index (κ1) is 14.8. The summed E-state index contributed by atoms with van der Waals surface area (Å²) < 4.78 is 1.71. The minimum atomic E-state index is -0.0506. The van der Waals surface area contributed by atoms with Crippen molar-refractivity contribution < 1.29 is 4.79 Å². The van der Waals surface area contributed by atoms with Crippen molar-refractivity contribution in [3.63, 3.8) is 0 Å². The molecule has 20 heavy (non-hydrogen) atoms. The summed E-state index contributed by atoms with van der Waals surface area (Å²) in [5, 5.41) is 0. The molecule has 5 heteroatoms. The van der Waals surface area contributed by atoms with Crippen LogP contribution in [0.5, 0.6) is 0 Å². The van der Waals surface area contributed by atoms with E-state index in [1.54, 1.807) is 23.9 Å². The summed E-state index contributed by atoms with van der Waals surface area (Å²) in [6.45, 7) is 7.90. The molecule has 2 rings (SSSR count). The van der Waals surface area contributed by atoms with Gasteiger partial charge in [0.2, 0.25) is 0 Å². The fourth-order valence-electron chi connectivity index (χ4n) is 2.69. The van der Waals surface area contributed by atoms with E-state index in [0.29, 0.717) is 24.8 Å². The van der Waals surface area contributed by atoms with Gasteiger partial charge in [-0.1, -0.05) is 13.8 Å². The van der Waals surface area contributed by atoms with Crippen molar-refractivity contribution in [1.82, 2.24) is 9.55 Å². The monoisotopic (exact) mass is 277 g/mol. The average molecular weight is 277 g/mol. The van der Waals surface area contributed by atoms with E-state index in [1.165, 1.54) is 0 Å². The van der Waals surface area contributed by atoms with Crippen molar-refractivity contribution in [1.29, 1.82) is 0 Å². The second kappa shape index (κ2) is 6.20. The maximum absolute atomic E-state index is 12.5. The van der Waals surface area contributed by atoms with Gasteiger partial charge in [-0.05, 0) is 25.7 Å². The first-order chi connectivity index (χ1) is 9.49. The minimum Gasteiger partial charge on any atom is -0.351 e. The molecule has 0 aromatic carbocycles. The average Bonchev–Trinajstić information content (AvgIpc) is 2.41. The van der Waals surface area contributed by atoms with Crippen molar-refractivity contribution in [2.24, 2.45) is 11.8 Å². The topological polar surface area (TPSA) is 55.2 Å². The number of hydrogen-bond donors (Lipinski definition) is 0. The lowest BCUT2D eigenvalue weighted by molar-refractivity contribution is -0.120. The maximum Gasteiger partial charge on any atom is 0.293 e. The maximum atomic E-state index is 12.5. The largest absolute Gasteiger partial charge is 0.351 e. The molecular formula is C15H23N3O2. The van der Waals surface area contributed by atoms with Crippen LogP contribution in [0.4, 0.5) is 5.82 Å². The molecule has 1 unspecified atom stereocenters. The van der Waals surface area contributed by atoms with E-state index in [0.717, 1.165) is 19.4 Å². The Kier molecular flexibility index (Phi) is 4.57. The second-order valence-corrected chi connectivity index (χ2v) is 6.00. The van der Waals surface area contributed by atoms with Crippen LogP contribution in [0.3, 0.4) is 0 Å². The van der Waals surface area contributed by atoms with Gasteiger partial charge in [0.1, 0.15) is 5.78 Å². The number of aromatic nitrogens is 2. The Morgan fingerprint density at radius 2 is 2.25 bits per heavy atom. The SMILES string of the molecule is CC(=O)C1CCCN(c2nccn(CC(C)C)c2=O)C1. The van der Waals surface area contributed by atoms with Crippen molar-refractivity contribution in [3.8, 4) is 0 Å². The first-order valence-electron chi connectivity index (χ1n) is 7.30. The molecule has 1 aliphatic rings. The highest BCUT2D eigenvalue weighted by atomic mass is 16.1. The number of ketones is 1. The molecule has 5 nitrogen and oxygen atoms in total. The Hall–Kier alpha value is -1.65. The molecule has 0 amide bonds. The third-order valence-corrected chi connectivity index (χ3v) is 3.75. The molecule has 1 aliphatic heterocycles. The number of carbonyl (C=O) groups is 1. The van der Waals surface area contributed by atoms with Gasteiger partial charge in [-0.2, -0.15) is 0 Å². The summed E-state index contributed by atoms with van der Waals surface area (Å²) in [6, 6.07) is 0. The summed E-state index contributed by atoms with van der Waals surface area (Å²) in [7, 11) is 0. The molecule has 0 bridgehead atoms. The molecule has 1 atom stereocenters. The van der Waals surface area contributed by atoms with Crippen LogP contribution in [0.15, 0.2) is 17.2 Å². The third-order valence-electron chi connectivity index (χ3n) is 3.75. The lowest BCUT2D eigenvalue weighted by Crippen LogP contribution is -2.42. The first-order valence-corrected chi connectivity index (χ1v) is 7.30. The van der Waals surface area contributed by atoms with E-state index in [1.807, 2.05) is 4.90 Å². The fraction of sp³-hybridized carbons (Fsp3) is 0.667. The van der Waals surface area contributed by atoms with E-state index in [9.17, 15) is 9.59 Å². The number of nitrogens with zero attached hydrogens (tertiary/aromatic N) is 3. The highest BCUT2D eigenvalue weighted by molar-refractivity contribution is 5.79. The van der Waals surface area contributed by atoms with Gasteiger partial charge in [0.05, 0.1) is 0 Å². The highest BCUT2D eigenvalue weighted by Crippen LogP contribution is 2.20. The smallest absolute Gasteiger partial charge is 0.293 e. The Balaban J connectivity index is 2.24. The number of anilines is 1. The fourth-order valence-corrected chi connectivity index (χ4v) is 2.69. The van der Waals surface area contributed by atoms with Gasteiger partial charge in [0, 0.05) is 37.9 Å². The molecule has 1 fully saturated rings. The van der Waals surface area contributed by atoms with Crippen LogP contribution in [-0.4, -0.2) is 28.4 Å². The predicted octanol–water partition coefficient (Wildman–Crippen LogP) is 1.70.